The Balaban J connectivity index is 1.52. The van der Waals surface area contributed by atoms with Crippen LogP contribution < -0.4 is 9.64 Å². The number of carbonyl (C=O) groups is 3. The molecule has 2 aromatic carbocycles. The summed E-state index contributed by atoms with van der Waals surface area (Å²) in [4.78, 5) is 45.3. The minimum absolute atomic E-state index is 0.0820. The number of anilines is 1. The molecule has 6 atom stereocenters. The zero-order valence-electron chi connectivity index (χ0n) is 21.7. The van der Waals surface area contributed by atoms with Crippen LogP contribution in [0, 0.1) is 11.8 Å². The Labute approximate surface area is 226 Å². The maximum absolute atomic E-state index is 14.6. The molecular weight excluding hydrogens is 500 g/mol. The lowest BCUT2D eigenvalue weighted by molar-refractivity contribution is -0.157. The number of aliphatic hydroxyl groups excluding tert-OH is 1. The van der Waals surface area contributed by atoms with Gasteiger partial charge in [0.05, 0.1) is 31.3 Å². The number of esters is 1. The van der Waals surface area contributed by atoms with Gasteiger partial charge in [0.1, 0.15) is 29.9 Å². The van der Waals surface area contributed by atoms with Crippen LogP contribution in [0.25, 0.3) is 0 Å². The minimum atomic E-state index is -1.45. The van der Waals surface area contributed by atoms with Crippen LogP contribution in [0.5, 0.6) is 5.75 Å². The summed E-state index contributed by atoms with van der Waals surface area (Å²) in [5.41, 5.74) is -1.31. The van der Waals surface area contributed by atoms with Crippen molar-refractivity contribution in [1.29, 1.82) is 0 Å². The molecule has 0 saturated carbocycles. The fraction of sp³-hybridized carbons (Fsp3) is 0.367. The van der Waals surface area contributed by atoms with Gasteiger partial charge in [-0.15, -0.1) is 0 Å². The van der Waals surface area contributed by atoms with E-state index in [9.17, 15) is 19.5 Å². The molecule has 0 bridgehead atoms. The number of hydrogen-bond donors (Lipinski definition) is 1. The van der Waals surface area contributed by atoms with E-state index in [0.29, 0.717) is 17.0 Å². The van der Waals surface area contributed by atoms with Crippen molar-refractivity contribution in [3.8, 4) is 5.75 Å². The van der Waals surface area contributed by atoms with Crippen molar-refractivity contribution in [3.05, 3.63) is 84.5 Å². The Kier molecular flexibility index (Phi) is 6.08. The number of methoxy groups -OCH3 is 1. The molecule has 1 unspecified atom stereocenters. The zero-order valence-corrected chi connectivity index (χ0v) is 21.7. The molecule has 2 fully saturated rings. The largest absolute Gasteiger partial charge is 0.497 e. The van der Waals surface area contributed by atoms with Gasteiger partial charge in [-0.1, -0.05) is 48.6 Å². The molecule has 0 aliphatic carbocycles. The third-order valence-corrected chi connectivity index (χ3v) is 8.33. The molecule has 9 heteroatoms. The van der Waals surface area contributed by atoms with Crippen molar-refractivity contribution in [2.45, 2.75) is 30.2 Å². The normalized spacial score (nSPS) is 32.2. The van der Waals surface area contributed by atoms with Gasteiger partial charge < -0.3 is 29.1 Å². The number of carbonyl (C=O) groups excluding carboxylic acids is 3. The second-order valence-electron chi connectivity index (χ2n) is 10.4. The Morgan fingerprint density at radius 3 is 2.44 bits per heavy atom. The standard InChI is InChI=1S/C30H30N2O7/c1-29-14-7-17-38-28(36)24(29)23-26(34)32(22(18-33)19-8-4-3-5-9-19)25-27(35)31(16-6-15-30(23,25)39-29)20-10-12-21(37-2)13-11-20/h3-15,22-25,33H,16-18H2,1-2H3/t22-,23+,24-,25?,29+,30+/m1/s1. The predicted molar refractivity (Wildman–Crippen MR) is 141 cm³/mol. The van der Waals surface area contributed by atoms with Crippen molar-refractivity contribution >= 4 is 23.5 Å². The highest BCUT2D eigenvalue weighted by Gasteiger charge is 2.75. The molecule has 1 N–H and O–H groups in total. The van der Waals surface area contributed by atoms with E-state index in [1.54, 1.807) is 73.6 Å². The SMILES string of the molecule is COc1ccc(N2CC=C[C@]34O[C@@]5(C)C=CCOC(=O)[C@H]5[C@H]3C(=O)N([C@H](CO)c3ccccc3)C4C2=O)cc1. The highest BCUT2D eigenvalue weighted by Crippen LogP contribution is 2.58. The molecular formula is C30H30N2O7. The Morgan fingerprint density at radius 2 is 1.74 bits per heavy atom. The molecule has 9 nitrogen and oxygen atoms in total. The van der Waals surface area contributed by atoms with Crippen LogP contribution in [-0.4, -0.2) is 71.9 Å². The first kappa shape index (κ1) is 25.3. The van der Waals surface area contributed by atoms with E-state index >= 15 is 0 Å². The summed E-state index contributed by atoms with van der Waals surface area (Å²) in [6.07, 6.45) is 7.04. The first-order valence-corrected chi connectivity index (χ1v) is 13.0. The summed E-state index contributed by atoms with van der Waals surface area (Å²) in [6, 6.07) is 14.2. The van der Waals surface area contributed by atoms with E-state index in [1.807, 2.05) is 24.3 Å². The zero-order chi connectivity index (χ0) is 27.4. The molecule has 39 heavy (non-hydrogen) atoms. The summed E-state index contributed by atoms with van der Waals surface area (Å²) in [6.45, 7) is 1.66. The third kappa shape index (κ3) is 3.71. The second kappa shape index (κ2) is 9.36. The lowest BCUT2D eigenvalue weighted by atomic mass is 9.75. The first-order valence-electron chi connectivity index (χ1n) is 13.0. The number of rotatable bonds is 5. The van der Waals surface area contributed by atoms with Gasteiger partial charge in [-0.25, -0.2) is 0 Å². The third-order valence-electron chi connectivity index (χ3n) is 8.33. The molecule has 6 rings (SSSR count). The van der Waals surface area contributed by atoms with Crippen LogP contribution in [0.2, 0.25) is 0 Å². The van der Waals surface area contributed by atoms with Crippen molar-refractivity contribution in [2.24, 2.45) is 11.8 Å². The number of benzene rings is 2. The number of amides is 2. The van der Waals surface area contributed by atoms with Crippen LogP contribution >= 0.6 is 0 Å². The number of ether oxygens (including phenoxy) is 3. The fourth-order valence-corrected chi connectivity index (χ4v) is 6.65. The summed E-state index contributed by atoms with van der Waals surface area (Å²) < 4.78 is 17.4. The molecule has 0 radical (unpaired) electrons. The van der Waals surface area contributed by atoms with Gasteiger partial charge >= 0.3 is 5.97 Å². The maximum Gasteiger partial charge on any atom is 0.313 e. The Morgan fingerprint density at radius 1 is 1.00 bits per heavy atom. The minimum Gasteiger partial charge on any atom is -0.497 e. The fourth-order valence-electron chi connectivity index (χ4n) is 6.65. The van der Waals surface area contributed by atoms with E-state index in [2.05, 4.69) is 0 Å². The van der Waals surface area contributed by atoms with E-state index in [-0.39, 0.29) is 19.1 Å². The van der Waals surface area contributed by atoms with Gasteiger partial charge in [0.2, 0.25) is 5.91 Å². The molecule has 202 valence electrons. The topological polar surface area (TPSA) is 106 Å². The van der Waals surface area contributed by atoms with Crippen molar-refractivity contribution in [2.75, 3.05) is 31.8 Å². The Bertz CT molecular complexity index is 1360. The van der Waals surface area contributed by atoms with E-state index in [0.717, 1.165) is 0 Å². The van der Waals surface area contributed by atoms with Gasteiger partial charge in [0.25, 0.3) is 5.91 Å². The van der Waals surface area contributed by atoms with Crippen LogP contribution in [0.15, 0.2) is 78.9 Å². The number of likely N-dealkylation sites (tertiary alicyclic amines) is 1. The molecule has 4 aliphatic rings. The average Bonchev–Trinajstić information content (AvgIpc) is 3.20. The van der Waals surface area contributed by atoms with Crippen molar-refractivity contribution < 1.29 is 33.7 Å². The van der Waals surface area contributed by atoms with Gasteiger partial charge in [0.15, 0.2) is 0 Å². The summed E-state index contributed by atoms with van der Waals surface area (Å²) in [5.74, 6) is -2.68. The molecule has 2 aromatic rings. The lowest BCUT2D eigenvalue weighted by Gasteiger charge is -2.40. The van der Waals surface area contributed by atoms with Crippen molar-refractivity contribution in [1.82, 2.24) is 4.90 Å². The van der Waals surface area contributed by atoms with Gasteiger partial charge in [-0.3, -0.25) is 14.4 Å². The number of nitrogens with zero attached hydrogens (tertiary/aromatic N) is 2. The van der Waals surface area contributed by atoms with E-state index in [4.69, 9.17) is 14.2 Å². The number of aliphatic hydroxyl groups is 1. The van der Waals surface area contributed by atoms with Gasteiger partial charge in [-0.2, -0.15) is 0 Å². The van der Waals surface area contributed by atoms with Gasteiger partial charge in [-0.05, 0) is 42.8 Å². The molecule has 4 aliphatic heterocycles. The van der Waals surface area contributed by atoms with E-state index < -0.39 is 53.6 Å². The lowest BCUT2D eigenvalue weighted by Crippen LogP contribution is -2.57. The van der Waals surface area contributed by atoms with Crippen LogP contribution in [-0.2, 0) is 23.9 Å². The predicted octanol–water partition coefficient (Wildman–Crippen LogP) is 2.42. The maximum atomic E-state index is 14.6. The molecule has 1 spiro atoms. The molecule has 4 heterocycles. The molecule has 2 saturated heterocycles. The molecule has 2 amide bonds. The summed E-state index contributed by atoms with van der Waals surface area (Å²) in [5, 5.41) is 10.6. The highest BCUT2D eigenvalue weighted by molar-refractivity contribution is 6.06. The van der Waals surface area contributed by atoms with E-state index in [1.165, 1.54) is 4.90 Å². The first-order chi connectivity index (χ1) is 18.8. The van der Waals surface area contributed by atoms with Crippen molar-refractivity contribution in [3.63, 3.8) is 0 Å². The average molecular weight is 531 g/mol. The van der Waals surface area contributed by atoms with Crippen LogP contribution in [0.3, 0.4) is 0 Å². The second-order valence-corrected chi connectivity index (χ2v) is 10.4. The van der Waals surface area contributed by atoms with Crippen LogP contribution in [0.4, 0.5) is 5.69 Å². The monoisotopic (exact) mass is 530 g/mol. The number of fused-ring (bicyclic) bond motifs is 2. The Hall–Kier alpha value is -3.95. The summed E-state index contributed by atoms with van der Waals surface area (Å²) in [7, 11) is 1.57. The summed E-state index contributed by atoms with van der Waals surface area (Å²) >= 11 is 0. The number of cyclic esters (lactones) is 1. The van der Waals surface area contributed by atoms with Gasteiger partial charge in [0, 0.05) is 12.2 Å². The number of hydrogen-bond acceptors (Lipinski definition) is 7. The molecule has 0 aromatic heterocycles. The quantitative estimate of drug-likeness (QED) is 0.468. The highest BCUT2D eigenvalue weighted by atomic mass is 16.6. The smallest absolute Gasteiger partial charge is 0.313 e. The van der Waals surface area contributed by atoms with Crippen LogP contribution in [0.1, 0.15) is 18.5 Å².